The van der Waals surface area contributed by atoms with Crippen molar-refractivity contribution >= 4 is 10.0 Å². The third-order valence-corrected chi connectivity index (χ3v) is 5.39. The quantitative estimate of drug-likeness (QED) is 0.874. The maximum atomic E-state index is 12.4. The molecule has 2 N–H and O–H groups in total. The molecule has 0 aliphatic carbocycles. The van der Waals surface area contributed by atoms with Crippen LogP contribution in [-0.4, -0.2) is 34.2 Å². The van der Waals surface area contributed by atoms with Gasteiger partial charge >= 0.3 is 0 Å². The number of hydrogen-bond acceptors (Lipinski definition) is 4. The van der Waals surface area contributed by atoms with Gasteiger partial charge in [0.25, 0.3) is 0 Å². The molecule has 1 unspecified atom stereocenters. The average molecular weight is 296 g/mol. The molecule has 0 amide bonds. The van der Waals surface area contributed by atoms with E-state index >= 15 is 0 Å². The van der Waals surface area contributed by atoms with Crippen LogP contribution in [0.2, 0.25) is 0 Å². The summed E-state index contributed by atoms with van der Waals surface area (Å²) < 4.78 is 33.1. The number of hydrogen-bond donors (Lipinski definition) is 2. The van der Waals surface area contributed by atoms with Gasteiger partial charge in [-0.1, -0.05) is 0 Å². The van der Waals surface area contributed by atoms with E-state index < -0.39 is 10.0 Å². The molecule has 3 rings (SSSR count). The Morgan fingerprint density at radius 2 is 2.15 bits per heavy atom. The molecule has 20 heavy (non-hydrogen) atoms. The topological polar surface area (TPSA) is 67.4 Å². The van der Waals surface area contributed by atoms with Gasteiger partial charge < -0.3 is 10.1 Å². The molecule has 2 heterocycles. The van der Waals surface area contributed by atoms with Gasteiger partial charge in [0.05, 0.1) is 11.5 Å². The van der Waals surface area contributed by atoms with Crippen molar-refractivity contribution < 1.29 is 13.2 Å². The highest BCUT2D eigenvalue weighted by atomic mass is 32.2. The fourth-order valence-corrected chi connectivity index (χ4v) is 4.11. The van der Waals surface area contributed by atoms with Crippen LogP contribution in [0.1, 0.15) is 24.8 Å². The second-order valence-electron chi connectivity index (χ2n) is 5.37. The Kier molecular flexibility index (Phi) is 3.96. The number of sulfonamides is 1. The first-order valence-electron chi connectivity index (χ1n) is 7.14. The maximum Gasteiger partial charge on any atom is 0.240 e. The summed E-state index contributed by atoms with van der Waals surface area (Å²) in [4.78, 5) is 0.346. The molecule has 0 saturated carbocycles. The summed E-state index contributed by atoms with van der Waals surface area (Å²) in [5.41, 5.74) is 0.982. The maximum absolute atomic E-state index is 12.4. The highest BCUT2D eigenvalue weighted by Gasteiger charge is 2.23. The molecule has 110 valence electrons. The minimum Gasteiger partial charge on any atom is -0.493 e. The predicted octanol–water partition coefficient (Wildman–Crippen LogP) is 1.04. The van der Waals surface area contributed by atoms with Crippen LogP contribution in [0, 0.1) is 0 Å². The molecule has 1 aromatic rings. The van der Waals surface area contributed by atoms with E-state index in [1.807, 2.05) is 0 Å². The Hall–Kier alpha value is -1.11. The normalized spacial score (nSPS) is 22.9. The molecule has 0 bridgehead atoms. The summed E-state index contributed by atoms with van der Waals surface area (Å²) in [5, 5.41) is 3.29. The Bertz CT molecular complexity index is 578. The zero-order valence-corrected chi connectivity index (χ0v) is 12.2. The van der Waals surface area contributed by atoms with Gasteiger partial charge in [-0.05, 0) is 56.1 Å². The van der Waals surface area contributed by atoms with Crippen LogP contribution in [0.25, 0.3) is 0 Å². The molecule has 1 fully saturated rings. The second kappa shape index (κ2) is 5.71. The fourth-order valence-electron chi connectivity index (χ4n) is 2.75. The monoisotopic (exact) mass is 296 g/mol. The van der Waals surface area contributed by atoms with Crippen LogP contribution >= 0.6 is 0 Å². The van der Waals surface area contributed by atoms with Crippen molar-refractivity contribution in [3.05, 3.63) is 23.8 Å². The van der Waals surface area contributed by atoms with Gasteiger partial charge in [-0.2, -0.15) is 0 Å². The Labute approximate surface area is 119 Å². The molecular formula is C14H20N2O3S. The molecule has 0 radical (unpaired) electrons. The van der Waals surface area contributed by atoms with Crippen LogP contribution in [0.4, 0.5) is 0 Å². The van der Waals surface area contributed by atoms with E-state index in [0.29, 0.717) is 11.5 Å². The summed E-state index contributed by atoms with van der Waals surface area (Å²) in [6, 6.07) is 5.14. The summed E-state index contributed by atoms with van der Waals surface area (Å²) >= 11 is 0. The number of fused-ring (bicyclic) bond motifs is 1. The molecule has 0 aromatic heterocycles. The summed E-state index contributed by atoms with van der Waals surface area (Å²) in [7, 11) is -3.43. The van der Waals surface area contributed by atoms with Crippen molar-refractivity contribution in [2.24, 2.45) is 0 Å². The number of benzene rings is 1. The van der Waals surface area contributed by atoms with Crippen molar-refractivity contribution in [1.29, 1.82) is 0 Å². The summed E-state index contributed by atoms with van der Waals surface area (Å²) in [5.74, 6) is 0.808. The van der Waals surface area contributed by atoms with Gasteiger partial charge in [0.15, 0.2) is 0 Å². The lowest BCUT2D eigenvalue weighted by atomic mass is 10.1. The van der Waals surface area contributed by atoms with E-state index in [1.54, 1.807) is 18.2 Å². The highest BCUT2D eigenvalue weighted by Crippen LogP contribution is 2.27. The Morgan fingerprint density at radius 3 is 3.05 bits per heavy atom. The third kappa shape index (κ3) is 2.97. The number of ether oxygens (including phenoxy) is 1. The van der Waals surface area contributed by atoms with Gasteiger partial charge in [0, 0.05) is 12.5 Å². The minimum absolute atomic E-state index is 0.0273. The van der Waals surface area contributed by atoms with E-state index in [0.717, 1.165) is 50.1 Å². The van der Waals surface area contributed by atoms with Crippen LogP contribution in [0.3, 0.4) is 0 Å². The smallest absolute Gasteiger partial charge is 0.240 e. The lowest BCUT2D eigenvalue weighted by Crippen LogP contribution is -2.35. The molecular weight excluding hydrogens is 276 g/mol. The highest BCUT2D eigenvalue weighted by molar-refractivity contribution is 7.89. The average Bonchev–Trinajstić information content (AvgIpc) is 2.75. The van der Waals surface area contributed by atoms with E-state index in [-0.39, 0.29) is 6.04 Å². The molecule has 1 saturated heterocycles. The third-order valence-electron chi connectivity index (χ3n) is 3.87. The zero-order valence-electron chi connectivity index (χ0n) is 11.4. The molecule has 2 aliphatic heterocycles. The predicted molar refractivity (Wildman–Crippen MR) is 76.5 cm³/mol. The van der Waals surface area contributed by atoms with Gasteiger partial charge in [0.2, 0.25) is 10.0 Å². The van der Waals surface area contributed by atoms with E-state index in [9.17, 15) is 8.42 Å². The first kappa shape index (κ1) is 13.9. The molecule has 1 atom stereocenters. The van der Waals surface area contributed by atoms with Crippen molar-refractivity contribution in [3.63, 3.8) is 0 Å². The Morgan fingerprint density at radius 1 is 1.25 bits per heavy atom. The standard InChI is InChI=1S/C14H20N2O3S/c17-20(18,16-12-2-1-7-15-8-5-12)13-3-4-14-11(10-13)6-9-19-14/h3-4,10,12,15-16H,1-2,5-9H2. The van der Waals surface area contributed by atoms with Crippen LogP contribution in [0.5, 0.6) is 5.75 Å². The number of nitrogens with one attached hydrogen (secondary N) is 2. The summed E-state index contributed by atoms with van der Waals surface area (Å²) in [6.07, 6.45) is 3.52. The fraction of sp³-hybridized carbons (Fsp3) is 0.571. The van der Waals surface area contributed by atoms with Gasteiger partial charge in [0.1, 0.15) is 5.75 Å². The first-order valence-corrected chi connectivity index (χ1v) is 8.62. The lowest BCUT2D eigenvalue weighted by molar-refractivity contribution is 0.356. The van der Waals surface area contributed by atoms with Gasteiger partial charge in [-0.15, -0.1) is 0 Å². The SMILES string of the molecule is O=S(=O)(NC1CCCNCC1)c1ccc2c(c1)CCO2. The van der Waals surface area contributed by atoms with Crippen LogP contribution < -0.4 is 14.8 Å². The van der Waals surface area contributed by atoms with E-state index in [4.69, 9.17) is 4.74 Å². The van der Waals surface area contributed by atoms with Crippen molar-refractivity contribution in [1.82, 2.24) is 10.0 Å². The first-order chi connectivity index (χ1) is 9.65. The largest absolute Gasteiger partial charge is 0.493 e. The zero-order chi connectivity index (χ0) is 14.0. The molecule has 5 nitrogen and oxygen atoms in total. The molecule has 6 heteroatoms. The van der Waals surface area contributed by atoms with E-state index in [2.05, 4.69) is 10.0 Å². The molecule has 0 spiro atoms. The Balaban J connectivity index is 1.77. The van der Waals surface area contributed by atoms with Crippen molar-refractivity contribution in [2.75, 3.05) is 19.7 Å². The van der Waals surface area contributed by atoms with Crippen LogP contribution in [-0.2, 0) is 16.4 Å². The summed E-state index contributed by atoms with van der Waals surface area (Å²) in [6.45, 7) is 2.47. The van der Waals surface area contributed by atoms with Crippen molar-refractivity contribution in [3.8, 4) is 5.75 Å². The van der Waals surface area contributed by atoms with Gasteiger partial charge in [-0.25, -0.2) is 13.1 Å². The molecule has 1 aromatic carbocycles. The van der Waals surface area contributed by atoms with E-state index in [1.165, 1.54) is 0 Å². The van der Waals surface area contributed by atoms with Crippen LogP contribution in [0.15, 0.2) is 23.1 Å². The van der Waals surface area contributed by atoms with Crippen molar-refractivity contribution in [2.45, 2.75) is 36.6 Å². The molecule has 2 aliphatic rings. The number of rotatable bonds is 3. The lowest BCUT2D eigenvalue weighted by Gasteiger charge is -2.16. The van der Waals surface area contributed by atoms with Gasteiger partial charge in [-0.3, -0.25) is 0 Å². The minimum atomic E-state index is -3.43. The second-order valence-corrected chi connectivity index (χ2v) is 7.08.